The summed E-state index contributed by atoms with van der Waals surface area (Å²) in [5.41, 5.74) is 1.32. The number of methoxy groups -OCH3 is 1. The molecule has 2 rings (SSSR count). The fraction of sp³-hybridized carbons (Fsp3) is 0.214. The maximum Gasteiger partial charge on any atom is 0.328 e. The van der Waals surface area contributed by atoms with E-state index in [-0.39, 0.29) is 6.61 Å². The van der Waals surface area contributed by atoms with Gasteiger partial charge in [-0.3, -0.25) is 4.68 Å². The van der Waals surface area contributed by atoms with E-state index in [2.05, 4.69) is 10.3 Å². The van der Waals surface area contributed by atoms with E-state index >= 15 is 0 Å². The Hall–Kier alpha value is -2.83. The number of carboxylic acids is 1. The predicted molar refractivity (Wildman–Crippen MR) is 75.0 cm³/mol. The summed E-state index contributed by atoms with van der Waals surface area (Å²) in [4.78, 5) is 10.6. The van der Waals surface area contributed by atoms with Crippen LogP contribution in [0.4, 0.5) is 0 Å². The highest BCUT2D eigenvalue weighted by Gasteiger charge is 2.06. The predicted octanol–water partition coefficient (Wildman–Crippen LogP) is 1.50. The van der Waals surface area contributed by atoms with Crippen LogP contribution < -0.4 is 9.47 Å². The van der Waals surface area contributed by atoms with E-state index < -0.39 is 5.97 Å². The number of rotatable bonds is 6. The van der Waals surface area contributed by atoms with Crippen molar-refractivity contribution >= 4 is 12.0 Å². The summed E-state index contributed by atoms with van der Waals surface area (Å²) < 4.78 is 12.4. The molecule has 1 aromatic carbocycles. The molecule has 0 fully saturated rings. The average Bonchev–Trinajstić information content (AvgIpc) is 2.88. The third-order valence-corrected chi connectivity index (χ3v) is 2.65. The van der Waals surface area contributed by atoms with Gasteiger partial charge >= 0.3 is 5.97 Å². The first kappa shape index (κ1) is 14.6. The van der Waals surface area contributed by atoms with Crippen molar-refractivity contribution in [1.29, 1.82) is 0 Å². The maximum atomic E-state index is 10.6. The van der Waals surface area contributed by atoms with Crippen LogP contribution in [0.3, 0.4) is 0 Å². The number of hydrogen-bond acceptors (Lipinski definition) is 5. The highest BCUT2D eigenvalue weighted by atomic mass is 16.5. The summed E-state index contributed by atoms with van der Waals surface area (Å²) in [7, 11) is 3.32. The quantitative estimate of drug-likeness (QED) is 0.811. The second-order valence-electron chi connectivity index (χ2n) is 4.25. The Morgan fingerprint density at radius 2 is 2.29 bits per heavy atom. The van der Waals surface area contributed by atoms with Gasteiger partial charge in [0.05, 0.1) is 13.3 Å². The lowest BCUT2D eigenvalue weighted by Gasteiger charge is -2.09. The molecule has 0 atom stereocenters. The first-order chi connectivity index (χ1) is 10.1. The smallest absolute Gasteiger partial charge is 0.328 e. The van der Waals surface area contributed by atoms with Gasteiger partial charge in [0.2, 0.25) is 0 Å². The first-order valence-electron chi connectivity index (χ1n) is 6.15. The Balaban J connectivity index is 2.19. The van der Waals surface area contributed by atoms with Gasteiger partial charge in [-0.2, -0.15) is 0 Å². The van der Waals surface area contributed by atoms with E-state index in [1.165, 1.54) is 6.08 Å². The molecule has 110 valence electrons. The molecule has 7 nitrogen and oxygen atoms in total. The SMILES string of the molecule is COc1ccc(/C=C/C(=O)O)c(OCc2cn(C)nn2)c1. The molecule has 0 radical (unpaired) electrons. The van der Waals surface area contributed by atoms with Crippen LogP contribution in [0, 0.1) is 0 Å². The minimum atomic E-state index is -1.02. The largest absolute Gasteiger partial charge is 0.497 e. The molecule has 1 heterocycles. The van der Waals surface area contributed by atoms with Gasteiger partial charge in [-0.15, -0.1) is 5.10 Å². The zero-order valence-electron chi connectivity index (χ0n) is 11.7. The van der Waals surface area contributed by atoms with Crippen molar-refractivity contribution in [1.82, 2.24) is 15.0 Å². The van der Waals surface area contributed by atoms with Gasteiger partial charge in [0.15, 0.2) is 0 Å². The molecular weight excluding hydrogens is 274 g/mol. The Labute approximate surface area is 121 Å². The summed E-state index contributed by atoms with van der Waals surface area (Å²) in [5.74, 6) is 0.111. The number of aromatic nitrogens is 3. The normalized spacial score (nSPS) is 10.8. The second-order valence-corrected chi connectivity index (χ2v) is 4.25. The van der Waals surface area contributed by atoms with Crippen molar-refractivity contribution in [3.05, 3.63) is 41.7 Å². The van der Waals surface area contributed by atoms with Gasteiger partial charge in [-0.25, -0.2) is 4.79 Å². The minimum Gasteiger partial charge on any atom is -0.497 e. The second kappa shape index (κ2) is 6.56. The van der Waals surface area contributed by atoms with Crippen molar-refractivity contribution < 1.29 is 19.4 Å². The van der Waals surface area contributed by atoms with Gasteiger partial charge in [-0.05, 0) is 18.2 Å². The number of carbonyl (C=O) groups is 1. The Morgan fingerprint density at radius 1 is 1.48 bits per heavy atom. The fourth-order valence-electron chi connectivity index (χ4n) is 1.68. The molecule has 2 aromatic rings. The topological polar surface area (TPSA) is 86.5 Å². The van der Waals surface area contributed by atoms with Crippen LogP contribution in [0.15, 0.2) is 30.5 Å². The molecule has 0 aliphatic carbocycles. The van der Waals surface area contributed by atoms with Gasteiger partial charge in [0.1, 0.15) is 23.8 Å². The van der Waals surface area contributed by atoms with Crippen molar-refractivity contribution in [3.63, 3.8) is 0 Å². The number of ether oxygens (including phenoxy) is 2. The van der Waals surface area contributed by atoms with E-state index in [1.54, 1.807) is 43.2 Å². The van der Waals surface area contributed by atoms with Crippen molar-refractivity contribution in [2.24, 2.45) is 7.05 Å². The summed E-state index contributed by atoms with van der Waals surface area (Å²) >= 11 is 0. The molecule has 1 N–H and O–H groups in total. The standard InChI is InChI=1S/C14H15N3O4/c1-17-8-11(15-16-17)9-21-13-7-12(20-2)5-3-10(13)4-6-14(18)19/h3-8H,9H2,1-2H3,(H,18,19)/b6-4+. The van der Waals surface area contributed by atoms with E-state index in [9.17, 15) is 4.79 Å². The molecule has 0 bridgehead atoms. The highest BCUT2D eigenvalue weighted by Crippen LogP contribution is 2.26. The average molecular weight is 289 g/mol. The molecule has 0 aliphatic heterocycles. The monoisotopic (exact) mass is 289 g/mol. The minimum absolute atomic E-state index is 0.231. The number of nitrogens with zero attached hydrogens (tertiary/aromatic N) is 3. The van der Waals surface area contributed by atoms with E-state index in [4.69, 9.17) is 14.6 Å². The fourth-order valence-corrected chi connectivity index (χ4v) is 1.68. The van der Waals surface area contributed by atoms with Crippen molar-refractivity contribution in [2.45, 2.75) is 6.61 Å². The van der Waals surface area contributed by atoms with Crippen molar-refractivity contribution in [3.8, 4) is 11.5 Å². The van der Waals surface area contributed by atoms with E-state index in [0.717, 1.165) is 6.08 Å². The molecule has 0 amide bonds. The molecule has 0 aliphatic rings. The lowest BCUT2D eigenvalue weighted by molar-refractivity contribution is -0.131. The van der Waals surface area contributed by atoms with Crippen molar-refractivity contribution in [2.75, 3.05) is 7.11 Å². The zero-order valence-corrected chi connectivity index (χ0v) is 11.7. The third kappa shape index (κ3) is 4.07. The summed E-state index contributed by atoms with van der Waals surface area (Å²) in [6.07, 6.45) is 4.26. The van der Waals surface area contributed by atoms with Crippen LogP contribution in [-0.2, 0) is 18.4 Å². The Morgan fingerprint density at radius 3 is 2.90 bits per heavy atom. The van der Waals surface area contributed by atoms with Crippen LogP contribution in [-0.4, -0.2) is 33.2 Å². The maximum absolute atomic E-state index is 10.6. The van der Waals surface area contributed by atoms with E-state index in [1.807, 2.05) is 0 Å². The summed E-state index contributed by atoms with van der Waals surface area (Å²) in [6.45, 7) is 0.231. The van der Waals surface area contributed by atoms with Crippen LogP contribution >= 0.6 is 0 Å². The number of aryl methyl sites for hydroxylation is 1. The van der Waals surface area contributed by atoms with Crippen LogP contribution in [0.25, 0.3) is 6.08 Å². The van der Waals surface area contributed by atoms with Gasteiger partial charge < -0.3 is 14.6 Å². The number of aliphatic carboxylic acids is 1. The van der Waals surface area contributed by atoms with Gasteiger partial charge in [-0.1, -0.05) is 5.21 Å². The van der Waals surface area contributed by atoms with Crippen LogP contribution in [0.5, 0.6) is 11.5 Å². The molecule has 0 saturated carbocycles. The van der Waals surface area contributed by atoms with Crippen LogP contribution in [0.1, 0.15) is 11.3 Å². The van der Waals surface area contributed by atoms with Gasteiger partial charge in [0.25, 0.3) is 0 Å². The van der Waals surface area contributed by atoms with E-state index in [0.29, 0.717) is 22.8 Å². The Bertz CT molecular complexity index is 664. The number of carboxylic acid groups (broad SMARTS) is 1. The number of hydrogen-bond donors (Lipinski definition) is 1. The third-order valence-electron chi connectivity index (χ3n) is 2.65. The molecule has 7 heteroatoms. The molecular formula is C14H15N3O4. The number of benzene rings is 1. The first-order valence-corrected chi connectivity index (χ1v) is 6.15. The summed E-state index contributed by atoms with van der Waals surface area (Å²) in [6, 6.07) is 5.15. The molecule has 21 heavy (non-hydrogen) atoms. The van der Waals surface area contributed by atoms with Gasteiger partial charge in [0, 0.05) is 24.8 Å². The molecule has 1 aromatic heterocycles. The molecule has 0 saturated heterocycles. The van der Waals surface area contributed by atoms with Crippen LogP contribution in [0.2, 0.25) is 0 Å². The summed E-state index contributed by atoms with van der Waals surface area (Å²) in [5, 5.41) is 16.4. The molecule has 0 spiro atoms. The Kier molecular flexibility index (Phi) is 4.55. The highest BCUT2D eigenvalue weighted by molar-refractivity contribution is 5.86. The lowest BCUT2D eigenvalue weighted by Crippen LogP contribution is -1.98. The zero-order chi connectivity index (χ0) is 15.2. The lowest BCUT2D eigenvalue weighted by atomic mass is 10.1. The molecule has 0 unspecified atom stereocenters.